The van der Waals surface area contributed by atoms with Crippen LogP contribution in [0.25, 0.3) is 0 Å². The van der Waals surface area contributed by atoms with Crippen molar-refractivity contribution in [3.05, 3.63) is 45.9 Å². The molecular formula is C14H11ClN2O3S. The fourth-order valence-corrected chi connectivity index (χ4v) is 2.93. The second-order valence-corrected chi connectivity index (χ2v) is 6.22. The van der Waals surface area contributed by atoms with Gasteiger partial charge in [0.1, 0.15) is 0 Å². The van der Waals surface area contributed by atoms with Crippen molar-refractivity contribution < 1.29 is 14.3 Å². The van der Waals surface area contributed by atoms with Crippen LogP contribution >= 0.6 is 22.9 Å². The van der Waals surface area contributed by atoms with E-state index in [1.165, 1.54) is 11.3 Å². The number of hydrogen-bond acceptors (Lipinski definition) is 5. The molecule has 0 radical (unpaired) electrons. The number of aromatic nitrogens is 1. The van der Waals surface area contributed by atoms with Gasteiger partial charge in [0.2, 0.25) is 0 Å². The van der Waals surface area contributed by atoms with Crippen LogP contribution in [0.2, 0.25) is 5.02 Å². The van der Waals surface area contributed by atoms with E-state index in [9.17, 15) is 9.59 Å². The monoisotopic (exact) mass is 322 g/mol. The van der Waals surface area contributed by atoms with Crippen molar-refractivity contribution in [2.24, 2.45) is 0 Å². The van der Waals surface area contributed by atoms with Crippen LogP contribution in [-0.4, -0.2) is 22.5 Å². The Labute approximate surface area is 129 Å². The van der Waals surface area contributed by atoms with Crippen molar-refractivity contribution >= 4 is 39.9 Å². The van der Waals surface area contributed by atoms with E-state index in [0.29, 0.717) is 21.3 Å². The van der Waals surface area contributed by atoms with Crippen molar-refractivity contribution in [3.8, 4) is 0 Å². The van der Waals surface area contributed by atoms with E-state index in [1.807, 2.05) is 0 Å². The Morgan fingerprint density at radius 3 is 3.05 bits per heavy atom. The molecule has 3 rings (SSSR count). The third-order valence-corrected chi connectivity index (χ3v) is 4.19. The number of carbonyl (C=O) groups excluding carboxylic acids is 2. The van der Waals surface area contributed by atoms with Crippen LogP contribution in [0.15, 0.2) is 29.8 Å². The molecule has 7 heteroatoms. The molecule has 0 unspecified atom stereocenters. The Hall–Kier alpha value is -1.92. The molecule has 108 valence electrons. The molecule has 1 atom stereocenters. The Balaban J connectivity index is 1.89. The number of nitrogens with one attached hydrogen (secondary N) is 1. The lowest BCUT2D eigenvalue weighted by Crippen LogP contribution is -2.48. The van der Waals surface area contributed by atoms with Gasteiger partial charge in [0, 0.05) is 23.0 Å². The molecule has 1 aliphatic heterocycles. The number of ether oxygens (including phenoxy) is 1. The van der Waals surface area contributed by atoms with E-state index >= 15 is 0 Å². The summed E-state index contributed by atoms with van der Waals surface area (Å²) >= 11 is 7.25. The van der Waals surface area contributed by atoms with Crippen LogP contribution in [0.5, 0.6) is 0 Å². The van der Waals surface area contributed by atoms with Gasteiger partial charge < -0.3 is 4.74 Å². The van der Waals surface area contributed by atoms with E-state index < -0.39 is 17.5 Å². The average molecular weight is 323 g/mol. The summed E-state index contributed by atoms with van der Waals surface area (Å²) in [6, 6.07) is 4.92. The molecular weight excluding hydrogens is 312 g/mol. The number of amides is 1. The summed E-state index contributed by atoms with van der Waals surface area (Å²) in [5.41, 5.74) is -0.130. The van der Waals surface area contributed by atoms with Crippen molar-refractivity contribution in [2.45, 2.75) is 18.9 Å². The minimum atomic E-state index is -1.28. The number of cyclic esters (lactones) is 1. The van der Waals surface area contributed by atoms with E-state index in [-0.39, 0.29) is 6.42 Å². The smallest absolute Gasteiger partial charge is 0.339 e. The van der Waals surface area contributed by atoms with Gasteiger partial charge in [-0.25, -0.2) is 9.78 Å². The fraction of sp³-hybridized carbons (Fsp3) is 0.214. The maximum absolute atomic E-state index is 12.4. The Bertz CT molecular complexity index is 717. The van der Waals surface area contributed by atoms with Gasteiger partial charge in [-0.3, -0.25) is 10.1 Å². The first-order chi connectivity index (χ1) is 9.98. The summed E-state index contributed by atoms with van der Waals surface area (Å²) in [5.74, 6) is -0.930. The van der Waals surface area contributed by atoms with E-state index in [4.69, 9.17) is 16.3 Å². The molecule has 1 amide bonds. The Kier molecular flexibility index (Phi) is 3.43. The number of rotatable bonds is 2. The molecule has 0 saturated carbocycles. The van der Waals surface area contributed by atoms with Crippen LogP contribution in [0, 0.1) is 0 Å². The van der Waals surface area contributed by atoms with Gasteiger partial charge in [-0.15, -0.1) is 11.3 Å². The first-order valence-electron chi connectivity index (χ1n) is 6.21. The molecule has 1 aliphatic rings. The molecule has 0 saturated heterocycles. The number of carbonyl (C=O) groups is 2. The number of nitrogens with zero attached hydrogens (tertiary/aromatic N) is 1. The zero-order valence-corrected chi connectivity index (χ0v) is 12.6. The number of benzene rings is 1. The van der Waals surface area contributed by atoms with Crippen LogP contribution in [0.4, 0.5) is 5.13 Å². The Morgan fingerprint density at radius 1 is 1.52 bits per heavy atom. The van der Waals surface area contributed by atoms with Gasteiger partial charge >= 0.3 is 5.97 Å². The highest BCUT2D eigenvalue weighted by Gasteiger charge is 2.43. The van der Waals surface area contributed by atoms with Gasteiger partial charge in [-0.05, 0) is 30.7 Å². The highest BCUT2D eigenvalue weighted by molar-refractivity contribution is 7.13. The molecule has 1 N–H and O–H groups in total. The van der Waals surface area contributed by atoms with E-state index in [2.05, 4.69) is 10.3 Å². The van der Waals surface area contributed by atoms with E-state index in [0.717, 1.165) is 0 Å². The van der Waals surface area contributed by atoms with E-state index in [1.54, 1.807) is 36.7 Å². The lowest BCUT2D eigenvalue weighted by atomic mass is 9.89. The number of thiazole rings is 1. The minimum absolute atomic E-state index is 0.270. The van der Waals surface area contributed by atoms with Crippen molar-refractivity contribution in [3.63, 3.8) is 0 Å². The maximum Gasteiger partial charge on any atom is 0.339 e. The normalized spacial score (nSPS) is 20.6. The molecule has 2 aromatic rings. The van der Waals surface area contributed by atoms with Crippen LogP contribution in [-0.2, 0) is 16.0 Å². The number of halogens is 1. The van der Waals surface area contributed by atoms with Gasteiger partial charge in [-0.2, -0.15) is 0 Å². The van der Waals surface area contributed by atoms with Crippen LogP contribution in [0.1, 0.15) is 22.8 Å². The van der Waals surface area contributed by atoms with Crippen molar-refractivity contribution in [1.29, 1.82) is 0 Å². The first-order valence-corrected chi connectivity index (χ1v) is 7.46. The fourth-order valence-electron chi connectivity index (χ4n) is 2.21. The summed E-state index contributed by atoms with van der Waals surface area (Å²) in [4.78, 5) is 28.4. The molecule has 5 nitrogen and oxygen atoms in total. The lowest BCUT2D eigenvalue weighted by Gasteiger charge is -2.32. The average Bonchev–Trinajstić information content (AvgIpc) is 2.90. The molecule has 1 aromatic carbocycles. The molecule has 0 aliphatic carbocycles. The predicted molar refractivity (Wildman–Crippen MR) is 79.7 cm³/mol. The zero-order chi connectivity index (χ0) is 15.0. The summed E-state index contributed by atoms with van der Waals surface area (Å²) < 4.78 is 5.33. The predicted octanol–water partition coefficient (Wildman–Crippen LogP) is 2.91. The number of hydrogen-bond donors (Lipinski definition) is 1. The molecule has 21 heavy (non-hydrogen) atoms. The quantitative estimate of drug-likeness (QED) is 0.863. The molecule has 0 spiro atoms. The van der Waals surface area contributed by atoms with Crippen molar-refractivity contribution in [2.75, 3.05) is 5.32 Å². The van der Waals surface area contributed by atoms with Gasteiger partial charge in [0.15, 0.2) is 10.7 Å². The topological polar surface area (TPSA) is 68.3 Å². The molecule has 1 aromatic heterocycles. The van der Waals surface area contributed by atoms with Crippen LogP contribution < -0.4 is 5.32 Å². The van der Waals surface area contributed by atoms with Gasteiger partial charge in [0.05, 0.1) is 5.56 Å². The Morgan fingerprint density at radius 2 is 2.33 bits per heavy atom. The second kappa shape index (κ2) is 5.13. The maximum atomic E-state index is 12.4. The summed E-state index contributed by atoms with van der Waals surface area (Å²) in [6.07, 6.45) is 1.86. The second-order valence-electron chi connectivity index (χ2n) is 4.89. The molecule has 2 heterocycles. The third kappa shape index (κ3) is 2.64. The SMILES string of the molecule is C[C@]1(C(=O)Nc2nccs2)Cc2cc(Cl)ccc2C(=O)O1. The zero-order valence-electron chi connectivity index (χ0n) is 11.1. The van der Waals surface area contributed by atoms with Crippen molar-refractivity contribution in [1.82, 2.24) is 4.98 Å². The number of fused-ring (bicyclic) bond motifs is 1. The number of esters is 1. The lowest BCUT2D eigenvalue weighted by molar-refractivity contribution is -0.134. The standard InChI is InChI=1S/C14H11ClN2O3S/c1-14(12(19)17-13-16-4-5-21-13)7-8-6-9(15)2-3-10(8)11(18)20-14/h2-6H,7H2,1H3,(H,16,17,19)/t14-/m1/s1. The van der Waals surface area contributed by atoms with Gasteiger partial charge in [-0.1, -0.05) is 11.6 Å². The van der Waals surface area contributed by atoms with Crippen LogP contribution in [0.3, 0.4) is 0 Å². The van der Waals surface area contributed by atoms with Gasteiger partial charge in [0.25, 0.3) is 5.91 Å². The third-order valence-electron chi connectivity index (χ3n) is 3.27. The highest BCUT2D eigenvalue weighted by Crippen LogP contribution is 2.31. The largest absolute Gasteiger partial charge is 0.445 e. The first kappa shape index (κ1) is 14.0. The highest BCUT2D eigenvalue weighted by atomic mass is 35.5. The minimum Gasteiger partial charge on any atom is -0.445 e. The summed E-state index contributed by atoms with van der Waals surface area (Å²) in [7, 11) is 0. The molecule has 0 fully saturated rings. The molecule has 0 bridgehead atoms. The summed E-state index contributed by atoms with van der Waals surface area (Å²) in [5, 5.41) is 5.39. The summed E-state index contributed by atoms with van der Waals surface area (Å²) in [6.45, 7) is 1.58. The number of anilines is 1.